The second-order valence-corrected chi connectivity index (χ2v) is 9.54. The number of carbonyl (C=O) groups excluding carboxylic acids is 1. The van der Waals surface area contributed by atoms with E-state index in [-0.39, 0.29) is 12.5 Å². The van der Waals surface area contributed by atoms with E-state index in [1.54, 1.807) is 30.2 Å². The van der Waals surface area contributed by atoms with Gasteiger partial charge < -0.3 is 15.5 Å². The average Bonchev–Trinajstić information content (AvgIpc) is 3.35. The molecule has 0 aliphatic rings. The number of H-pyrrole nitrogens is 1. The first-order chi connectivity index (χ1) is 17.5. The number of nitrogens with zero attached hydrogens (tertiary/aromatic N) is 2. The molecule has 2 aromatic heterocycles. The van der Waals surface area contributed by atoms with Gasteiger partial charge in [0.05, 0.1) is 17.8 Å². The van der Waals surface area contributed by atoms with Crippen LogP contribution in [0.15, 0.2) is 76.4 Å². The molecule has 0 radical (unpaired) electrons. The van der Waals surface area contributed by atoms with Crippen LogP contribution in [0.3, 0.4) is 0 Å². The summed E-state index contributed by atoms with van der Waals surface area (Å²) < 4.78 is 32.7. The Kier molecular flexibility index (Phi) is 9.66. The number of carboxylic acids is 1. The van der Waals surface area contributed by atoms with E-state index >= 15 is 0 Å². The zero-order valence-electron chi connectivity index (χ0n) is 18.9. The summed E-state index contributed by atoms with van der Waals surface area (Å²) in [5.41, 5.74) is 3.14. The Hall–Kier alpha value is -3.42. The van der Waals surface area contributed by atoms with Gasteiger partial charge in [0.1, 0.15) is 5.69 Å². The maximum atomic E-state index is 12.5. The highest BCUT2D eigenvalue weighted by Crippen LogP contribution is 2.24. The Morgan fingerprint density at radius 1 is 1.08 bits per heavy atom. The quantitative estimate of drug-likeness (QED) is 0.223. The summed E-state index contributed by atoms with van der Waals surface area (Å²) in [7, 11) is 0. The fourth-order valence-electron chi connectivity index (χ4n) is 2.94. The van der Waals surface area contributed by atoms with Crippen molar-refractivity contribution >= 4 is 50.5 Å². The average molecular weight is 597 g/mol. The van der Waals surface area contributed by atoms with Crippen LogP contribution >= 0.6 is 27.7 Å². The van der Waals surface area contributed by atoms with E-state index in [9.17, 15) is 23.1 Å². The lowest BCUT2D eigenvalue weighted by Crippen LogP contribution is -2.33. The first-order valence-corrected chi connectivity index (χ1v) is 12.3. The van der Waals surface area contributed by atoms with Gasteiger partial charge in [0.2, 0.25) is 0 Å². The van der Waals surface area contributed by atoms with Crippen molar-refractivity contribution in [3.63, 3.8) is 0 Å². The normalized spacial score (nSPS) is 11.9. The Bertz CT molecular complexity index is 1370. The highest BCUT2D eigenvalue weighted by Gasteiger charge is 2.38. The molecule has 0 fully saturated rings. The number of aliphatic hydroxyl groups excluding tert-OH is 1. The van der Waals surface area contributed by atoms with Crippen LogP contribution in [0.1, 0.15) is 10.5 Å². The van der Waals surface area contributed by atoms with Crippen LogP contribution in [0.5, 0.6) is 0 Å². The van der Waals surface area contributed by atoms with Crippen LogP contribution in [0.4, 0.5) is 13.2 Å². The standard InChI is InChI=1S/C22H19BrN4O2S.C2HF3O2/c23-17-2-4-19(5-3-17)30-13-18(28)12-25-22(29)21-10-15(7-8-24-21)14-1-6-20-16(9-14)11-26-27-20;3-2(4,5)1(6)7/h1-11,18,28H,12-13H2,(H,25,29)(H,26,27);(H,6,7). The Morgan fingerprint density at radius 3 is 2.43 bits per heavy atom. The summed E-state index contributed by atoms with van der Waals surface area (Å²) in [5.74, 6) is -2.58. The molecule has 194 valence electrons. The van der Waals surface area contributed by atoms with Crippen molar-refractivity contribution in [1.82, 2.24) is 20.5 Å². The number of amides is 1. The summed E-state index contributed by atoms with van der Waals surface area (Å²) in [6, 6.07) is 17.4. The molecule has 1 amide bonds. The first kappa shape index (κ1) is 28.2. The smallest absolute Gasteiger partial charge is 0.475 e. The van der Waals surface area contributed by atoms with Crippen LogP contribution in [0, 0.1) is 0 Å². The van der Waals surface area contributed by atoms with Crippen LogP contribution in [-0.4, -0.2) is 61.8 Å². The summed E-state index contributed by atoms with van der Waals surface area (Å²) in [5, 5.41) is 28.0. The monoisotopic (exact) mass is 596 g/mol. The molecule has 4 rings (SSSR count). The number of hydrogen-bond acceptors (Lipinski definition) is 6. The van der Waals surface area contributed by atoms with E-state index < -0.39 is 18.2 Å². The molecule has 0 aliphatic heterocycles. The number of benzene rings is 2. The number of aliphatic carboxylic acids is 1. The minimum atomic E-state index is -5.08. The van der Waals surface area contributed by atoms with E-state index in [0.717, 1.165) is 31.4 Å². The number of fused-ring (bicyclic) bond motifs is 1. The van der Waals surface area contributed by atoms with Gasteiger partial charge >= 0.3 is 12.1 Å². The van der Waals surface area contributed by atoms with Crippen LogP contribution in [-0.2, 0) is 4.79 Å². The van der Waals surface area contributed by atoms with Gasteiger partial charge in [-0.3, -0.25) is 14.9 Å². The van der Waals surface area contributed by atoms with E-state index in [0.29, 0.717) is 11.4 Å². The van der Waals surface area contributed by atoms with Crippen molar-refractivity contribution in [2.75, 3.05) is 12.3 Å². The van der Waals surface area contributed by atoms with Crippen molar-refractivity contribution in [3.05, 3.63) is 77.2 Å². The Labute approximate surface area is 221 Å². The van der Waals surface area contributed by atoms with E-state index in [1.165, 1.54) is 0 Å². The second kappa shape index (κ2) is 12.7. The van der Waals surface area contributed by atoms with Gasteiger partial charge in [-0.25, -0.2) is 4.79 Å². The number of thioether (sulfide) groups is 1. The number of aromatic amines is 1. The van der Waals surface area contributed by atoms with Gasteiger partial charge in [0.15, 0.2) is 0 Å². The number of nitrogens with one attached hydrogen (secondary N) is 2. The molecule has 0 saturated carbocycles. The zero-order valence-corrected chi connectivity index (χ0v) is 21.3. The predicted molar refractivity (Wildman–Crippen MR) is 136 cm³/mol. The molecule has 13 heteroatoms. The van der Waals surface area contributed by atoms with Gasteiger partial charge in [-0.15, -0.1) is 11.8 Å². The third-order valence-corrected chi connectivity index (χ3v) is 6.45. The lowest BCUT2D eigenvalue weighted by Gasteiger charge is -2.12. The number of halogens is 4. The van der Waals surface area contributed by atoms with E-state index in [2.05, 4.69) is 36.4 Å². The number of aromatic nitrogens is 3. The Balaban J connectivity index is 0.000000479. The van der Waals surface area contributed by atoms with Crippen LogP contribution in [0.25, 0.3) is 22.0 Å². The Morgan fingerprint density at radius 2 is 1.76 bits per heavy atom. The fraction of sp³-hybridized carbons (Fsp3) is 0.167. The lowest BCUT2D eigenvalue weighted by molar-refractivity contribution is -0.192. The molecule has 37 heavy (non-hydrogen) atoms. The van der Waals surface area contributed by atoms with Crippen molar-refractivity contribution in [2.24, 2.45) is 0 Å². The summed E-state index contributed by atoms with van der Waals surface area (Å²) in [6.45, 7) is 0.162. The van der Waals surface area contributed by atoms with E-state index in [4.69, 9.17) is 9.90 Å². The minimum Gasteiger partial charge on any atom is -0.475 e. The number of hydrogen-bond donors (Lipinski definition) is 4. The number of aliphatic hydroxyl groups is 1. The fourth-order valence-corrected chi connectivity index (χ4v) is 4.04. The lowest BCUT2D eigenvalue weighted by atomic mass is 10.0. The molecule has 2 aromatic carbocycles. The second-order valence-electron chi connectivity index (χ2n) is 7.53. The molecule has 1 unspecified atom stereocenters. The number of carbonyl (C=O) groups is 2. The van der Waals surface area contributed by atoms with Crippen molar-refractivity contribution in [1.29, 1.82) is 0 Å². The molecule has 0 spiro atoms. The number of pyridine rings is 1. The van der Waals surface area contributed by atoms with Crippen LogP contribution < -0.4 is 5.32 Å². The van der Waals surface area contributed by atoms with Crippen molar-refractivity contribution in [2.45, 2.75) is 17.2 Å². The maximum Gasteiger partial charge on any atom is 0.490 e. The summed E-state index contributed by atoms with van der Waals surface area (Å²) in [6.07, 6.45) is -2.36. The third kappa shape index (κ3) is 8.58. The summed E-state index contributed by atoms with van der Waals surface area (Å²) in [4.78, 5) is 26.6. The van der Waals surface area contributed by atoms with Gasteiger partial charge in [-0.1, -0.05) is 22.0 Å². The molecule has 1 atom stereocenters. The molecule has 0 aliphatic carbocycles. The molecule has 0 bridgehead atoms. The molecule has 8 nitrogen and oxygen atoms in total. The topological polar surface area (TPSA) is 128 Å². The molecule has 4 aromatic rings. The first-order valence-electron chi connectivity index (χ1n) is 10.6. The molecule has 2 heterocycles. The van der Waals surface area contributed by atoms with Crippen LogP contribution in [0.2, 0.25) is 0 Å². The zero-order chi connectivity index (χ0) is 27.0. The van der Waals surface area contributed by atoms with Gasteiger partial charge in [-0.2, -0.15) is 18.3 Å². The molecular weight excluding hydrogens is 577 g/mol. The van der Waals surface area contributed by atoms with E-state index in [1.807, 2.05) is 48.5 Å². The maximum absolute atomic E-state index is 12.5. The van der Waals surface area contributed by atoms with Gasteiger partial charge in [-0.05, 0) is 59.7 Å². The van der Waals surface area contributed by atoms with Gasteiger partial charge in [0, 0.05) is 33.2 Å². The highest BCUT2D eigenvalue weighted by molar-refractivity contribution is 9.10. The number of alkyl halides is 3. The SMILES string of the molecule is O=C(NCC(O)CSc1ccc(Br)cc1)c1cc(-c2ccc3[nH]ncc3c2)ccn1.O=C(O)C(F)(F)F. The molecular formula is C24H20BrF3N4O4S. The summed E-state index contributed by atoms with van der Waals surface area (Å²) >= 11 is 4.94. The van der Waals surface area contributed by atoms with Crippen molar-refractivity contribution < 1.29 is 33.0 Å². The van der Waals surface area contributed by atoms with Crippen molar-refractivity contribution in [3.8, 4) is 11.1 Å². The highest BCUT2D eigenvalue weighted by atomic mass is 79.9. The largest absolute Gasteiger partial charge is 0.490 e. The predicted octanol–water partition coefficient (Wildman–Crippen LogP) is 4.90. The molecule has 4 N–H and O–H groups in total. The third-order valence-electron chi connectivity index (χ3n) is 4.76. The molecule has 0 saturated heterocycles. The number of rotatable bonds is 7. The minimum absolute atomic E-state index is 0.162. The number of carboxylic acid groups (broad SMARTS) is 1. The van der Waals surface area contributed by atoms with Gasteiger partial charge in [0.25, 0.3) is 5.91 Å².